The number of pyridine rings is 1. The first-order chi connectivity index (χ1) is 5.70. The van der Waals surface area contributed by atoms with Crippen molar-refractivity contribution in [3.8, 4) is 0 Å². The first-order valence-corrected chi connectivity index (χ1v) is 3.72. The number of anilines is 1. The fourth-order valence-corrected chi connectivity index (χ4v) is 1.37. The van der Waals surface area contributed by atoms with Crippen molar-refractivity contribution in [3.63, 3.8) is 0 Å². The number of aromatic nitrogens is 3. The lowest BCUT2D eigenvalue weighted by Crippen LogP contribution is -1.94. The first kappa shape index (κ1) is 7.09. The Hall–Kier alpha value is -1.58. The van der Waals surface area contributed by atoms with Crippen molar-refractivity contribution in [2.45, 2.75) is 6.92 Å². The summed E-state index contributed by atoms with van der Waals surface area (Å²) in [4.78, 5) is 8.18. The molecule has 0 atom stereocenters. The highest BCUT2D eigenvalue weighted by molar-refractivity contribution is 5.86. The minimum absolute atomic E-state index is 0.496. The molecule has 0 saturated carbocycles. The average Bonchev–Trinajstić information content (AvgIpc) is 2.42. The van der Waals surface area contributed by atoms with Gasteiger partial charge in [0.15, 0.2) is 5.82 Å². The molecule has 0 aromatic carbocycles. The van der Waals surface area contributed by atoms with E-state index in [0.717, 1.165) is 16.6 Å². The number of nitrogens with zero attached hydrogens (tertiary/aromatic N) is 3. The molecule has 0 amide bonds. The van der Waals surface area contributed by atoms with Gasteiger partial charge in [-0.25, -0.2) is 9.97 Å². The van der Waals surface area contributed by atoms with Crippen LogP contribution in [0.5, 0.6) is 0 Å². The lowest BCUT2D eigenvalue weighted by molar-refractivity contribution is 0.943. The SMILES string of the molecule is Cc1cnc(N)c2ncn(C)c12. The molecule has 2 rings (SSSR count). The molecule has 4 nitrogen and oxygen atoms in total. The van der Waals surface area contributed by atoms with Crippen molar-refractivity contribution in [2.75, 3.05) is 5.73 Å². The summed E-state index contributed by atoms with van der Waals surface area (Å²) >= 11 is 0. The molecular formula is C8H10N4. The molecule has 0 spiro atoms. The van der Waals surface area contributed by atoms with Crippen molar-refractivity contribution in [2.24, 2.45) is 7.05 Å². The van der Waals surface area contributed by atoms with E-state index in [2.05, 4.69) is 9.97 Å². The number of aryl methyl sites for hydroxylation is 2. The minimum Gasteiger partial charge on any atom is -0.382 e. The van der Waals surface area contributed by atoms with Crippen LogP contribution in [0.4, 0.5) is 5.82 Å². The zero-order valence-corrected chi connectivity index (χ0v) is 7.07. The van der Waals surface area contributed by atoms with Crippen LogP contribution in [0.2, 0.25) is 0 Å². The number of hydrogen-bond acceptors (Lipinski definition) is 3. The van der Waals surface area contributed by atoms with Gasteiger partial charge < -0.3 is 10.3 Å². The van der Waals surface area contributed by atoms with Crippen molar-refractivity contribution in [3.05, 3.63) is 18.1 Å². The largest absolute Gasteiger partial charge is 0.382 e. The third-order valence-corrected chi connectivity index (χ3v) is 1.95. The third kappa shape index (κ3) is 0.777. The maximum atomic E-state index is 5.65. The molecule has 0 aliphatic heterocycles. The molecule has 4 heteroatoms. The molecule has 0 bridgehead atoms. The van der Waals surface area contributed by atoms with Gasteiger partial charge in [-0.2, -0.15) is 0 Å². The van der Waals surface area contributed by atoms with Crippen LogP contribution in [0.25, 0.3) is 11.0 Å². The van der Waals surface area contributed by atoms with Gasteiger partial charge in [0, 0.05) is 13.2 Å². The van der Waals surface area contributed by atoms with Gasteiger partial charge in [-0.1, -0.05) is 0 Å². The summed E-state index contributed by atoms with van der Waals surface area (Å²) in [5.41, 5.74) is 8.60. The summed E-state index contributed by atoms with van der Waals surface area (Å²) in [5, 5.41) is 0. The Morgan fingerprint density at radius 1 is 1.42 bits per heavy atom. The fraction of sp³-hybridized carbons (Fsp3) is 0.250. The number of hydrogen-bond donors (Lipinski definition) is 1. The normalized spacial score (nSPS) is 10.8. The Balaban J connectivity index is 2.98. The van der Waals surface area contributed by atoms with Gasteiger partial charge in [0.2, 0.25) is 0 Å². The lowest BCUT2D eigenvalue weighted by Gasteiger charge is -1.99. The molecule has 0 radical (unpaired) electrons. The van der Waals surface area contributed by atoms with E-state index in [1.54, 1.807) is 12.5 Å². The van der Waals surface area contributed by atoms with Crippen LogP contribution in [0.3, 0.4) is 0 Å². The summed E-state index contributed by atoms with van der Waals surface area (Å²) in [6, 6.07) is 0. The van der Waals surface area contributed by atoms with Crippen molar-refractivity contribution in [1.29, 1.82) is 0 Å². The number of nitrogens with two attached hydrogens (primary N) is 1. The van der Waals surface area contributed by atoms with Gasteiger partial charge in [-0.05, 0) is 12.5 Å². The quantitative estimate of drug-likeness (QED) is 0.625. The Morgan fingerprint density at radius 3 is 2.83 bits per heavy atom. The van der Waals surface area contributed by atoms with Crippen LogP contribution in [0.1, 0.15) is 5.56 Å². The van der Waals surface area contributed by atoms with Gasteiger partial charge in [0.25, 0.3) is 0 Å². The standard InChI is InChI=1S/C8H10N4/c1-5-3-10-8(9)6-7(5)12(2)4-11-6/h3-4H,1-2H3,(H2,9,10). The number of fused-ring (bicyclic) bond motifs is 1. The smallest absolute Gasteiger partial charge is 0.151 e. The van der Waals surface area contributed by atoms with Gasteiger partial charge in [0.05, 0.1) is 11.8 Å². The third-order valence-electron chi connectivity index (χ3n) is 1.95. The van der Waals surface area contributed by atoms with Crippen molar-refractivity contribution >= 4 is 16.9 Å². The molecule has 2 heterocycles. The second-order valence-electron chi connectivity index (χ2n) is 2.88. The molecule has 0 unspecified atom stereocenters. The Labute approximate surface area is 70.0 Å². The summed E-state index contributed by atoms with van der Waals surface area (Å²) in [6.45, 7) is 2.00. The van der Waals surface area contributed by atoms with Gasteiger partial charge in [-0.15, -0.1) is 0 Å². The summed E-state index contributed by atoms with van der Waals surface area (Å²) in [6.07, 6.45) is 3.51. The molecule has 2 aromatic heterocycles. The molecule has 0 fully saturated rings. The second kappa shape index (κ2) is 2.20. The van der Waals surface area contributed by atoms with E-state index in [0.29, 0.717) is 5.82 Å². The Morgan fingerprint density at radius 2 is 2.17 bits per heavy atom. The number of nitrogen functional groups attached to an aromatic ring is 1. The molecule has 0 aliphatic carbocycles. The number of rotatable bonds is 0. The average molecular weight is 162 g/mol. The van der Waals surface area contributed by atoms with Crippen molar-refractivity contribution < 1.29 is 0 Å². The van der Waals surface area contributed by atoms with Crippen molar-refractivity contribution in [1.82, 2.24) is 14.5 Å². The predicted octanol–water partition coefficient (Wildman–Crippen LogP) is 0.859. The van der Waals surface area contributed by atoms with Crippen LogP contribution in [-0.2, 0) is 7.05 Å². The molecular weight excluding hydrogens is 152 g/mol. The Bertz CT molecular complexity index is 430. The minimum atomic E-state index is 0.496. The van der Waals surface area contributed by atoms with E-state index in [1.165, 1.54) is 0 Å². The van der Waals surface area contributed by atoms with E-state index in [-0.39, 0.29) is 0 Å². The van der Waals surface area contributed by atoms with E-state index in [1.807, 2.05) is 18.5 Å². The highest BCUT2D eigenvalue weighted by Crippen LogP contribution is 2.19. The summed E-state index contributed by atoms with van der Waals surface area (Å²) in [5.74, 6) is 0.496. The van der Waals surface area contributed by atoms with E-state index in [9.17, 15) is 0 Å². The molecule has 0 saturated heterocycles. The van der Waals surface area contributed by atoms with Crippen LogP contribution < -0.4 is 5.73 Å². The zero-order valence-electron chi connectivity index (χ0n) is 7.07. The molecule has 2 aromatic rings. The molecule has 0 aliphatic rings. The van der Waals surface area contributed by atoms with Gasteiger partial charge in [0.1, 0.15) is 5.52 Å². The maximum Gasteiger partial charge on any atom is 0.151 e. The maximum absolute atomic E-state index is 5.65. The van der Waals surface area contributed by atoms with E-state index in [4.69, 9.17) is 5.73 Å². The van der Waals surface area contributed by atoms with Gasteiger partial charge >= 0.3 is 0 Å². The topological polar surface area (TPSA) is 56.7 Å². The lowest BCUT2D eigenvalue weighted by atomic mass is 10.2. The monoisotopic (exact) mass is 162 g/mol. The predicted molar refractivity (Wildman–Crippen MR) is 47.7 cm³/mol. The fourth-order valence-electron chi connectivity index (χ4n) is 1.37. The van der Waals surface area contributed by atoms with E-state index >= 15 is 0 Å². The highest BCUT2D eigenvalue weighted by Gasteiger charge is 2.06. The van der Waals surface area contributed by atoms with Crippen LogP contribution in [-0.4, -0.2) is 14.5 Å². The van der Waals surface area contributed by atoms with Crippen LogP contribution >= 0.6 is 0 Å². The number of imidazole rings is 1. The summed E-state index contributed by atoms with van der Waals surface area (Å²) < 4.78 is 1.95. The second-order valence-corrected chi connectivity index (χ2v) is 2.88. The zero-order chi connectivity index (χ0) is 8.72. The van der Waals surface area contributed by atoms with Crippen LogP contribution in [0, 0.1) is 6.92 Å². The molecule has 62 valence electrons. The first-order valence-electron chi connectivity index (χ1n) is 3.72. The molecule has 2 N–H and O–H groups in total. The van der Waals surface area contributed by atoms with E-state index < -0.39 is 0 Å². The van der Waals surface area contributed by atoms with Crippen LogP contribution in [0.15, 0.2) is 12.5 Å². The Kier molecular flexibility index (Phi) is 1.30. The highest BCUT2D eigenvalue weighted by atomic mass is 15.0. The van der Waals surface area contributed by atoms with Gasteiger partial charge in [-0.3, -0.25) is 0 Å². The molecule has 12 heavy (non-hydrogen) atoms. The summed E-state index contributed by atoms with van der Waals surface area (Å²) in [7, 11) is 1.95.